The van der Waals surface area contributed by atoms with Crippen LogP contribution in [0.15, 0.2) is 59.8 Å². The quantitative estimate of drug-likeness (QED) is 0.252. The van der Waals surface area contributed by atoms with E-state index in [0.717, 1.165) is 5.56 Å². The lowest BCUT2D eigenvalue weighted by Gasteiger charge is -2.48. The van der Waals surface area contributed by atoms with Crippen LogP contribution >= 0.6 is 11.8 Å². The van der Waals surface area contributed by atoms with Crippen molar-refractivity contribution < 1.29 is 42.9 Å². The molecular weight excluding hydrogens is 514 g/mol. The number of ether oxygens (including phenoxy) is 5. The summed E-state index contributed by atoms with van der Waals surface area (Å²) in [6, 6.07) is 13.7. The summed E-state index contributed by atoms with van der Waals surface area (Å²) in [4.78, 5) is 50.7. The Morgan fingerprint density at radius 1 is 0.868 bits per heavy atom. The van der Waals surface area contributed by atoms with Crippen LogP contribution in [0.5, 0.6) is 5.75 Å². The van der Waals surface area contributed by atoms with Crippen molar-refractivity contribution in [1.29, 1.82) is 0 Å². The van der Waals surface area contributed by atoms with Gasteiger partial charge < -0.3 is 23.7 Å². The number of β-lactam (4-membered cyclic amide) rings is 1. The average Bonchev–Trinajstić information content (AvgIpc) is 2.93. The van der Waals surface area contributed by atoms with Crippen molar-refractivity contribution in [3.8, 4) is 5.75 Å². The summed E-state index contributed by atoms with van der Waals surface area (Å²) in [6.07, 6.45) is -0.643. The molecule has 1 saturated heterocycles. The molecule has 11 heteroatoms. The van der Waals surface area contributed by atoms with E-state index < -0.39 is 24.0 Å². The smallest absolute Gasteiger partial charge is 0.355 e. The fraction of sp³-hybridized carbons (Fsp3) is 0.333. The van der Waals surface area contributed by atoms with Gasteiger partial charge in [-0.15, -0.1) is 11.8 Å². The van der Waals surface area contributed by atoms with Crippen molar-refractivity contribution in [2.75, 3.05) is 26.6 Å². The van der Waals surface area contributed by atoms with Gasteiger partial charge in [0.1, 0.15) is 36.6 Å². The maximum Gasteiger partial charge on any atom is 0.355 e. The normalized spacial score (nSPS) is 18.3. The molecule has 0 radical (unpaired) electrons. The Morgan fingerprint density at radius 3 is 2.05 bits per heavy atom. The SMILES string of the molecule is COc1ccc(COC(=O)c2ccc(COC(=O)C3=C(COC(C)=O)CSC4[C@H](OC)C(=O)N34)cc2)cc1. The minimum Gasteiger partial charge on any atom is -0.497 e. The zero-order chi connectivity index (χ0) is 27.2. The Balaban J connectivity index is 1.36. The number of hydrogen-bond acceptors (Lipinski definition) is 10. The Kier molecular flexibility index (Phi) is 8.70. The molecule has 2 aromatic carbocycles. The van der Waals surface area contributed by atoms with Crippen molar-refractivity contribution in [2.45, 2.75) is 31.6 Å². The summed E-state index contributed by atoms with van der Waals surface area (Å²) < 4.78 is 26.3. The zero-order valence-corrected chi connectivity index (χ0v) is 21.9. The van der Waals surface area contributed by atoms with Gasteiger partial charge in [0.05, 0.1) is 12.7 Å². The van der Waals surface area contributed by atoms with Crippen LogP contribution in [0, 0.1) is 0 Å². The minimum absolute atomic E-state index is 0.0760. The minimum atomic E-state index is -0.705. The summed E-state index contributed by atoms with van der Waals surface area (Å²) >= 11 is 1.43. The number of carbonyl (C=O) groups is 4. The molecule has 1 unspecified atom stereocenters. The first-order valence-corrected chi connectivity index (χ1v) is 12.8. The van der Waals surface area contributed by atoms with Crippen molar-refractivity contribution >= 4 is 35.6 Å². The Morgan fingerprint density at radius 2 is 1.47 bits per heavy atom. The number of methoxy groups -OCH3 is 2. The second-order valence-corrected chi connectivity index (χ2v) is 9.60. The van der Waals surface area contributed by atoms with Gasteiger partial charge in [-0.2, -0.15) is 0 Å². The second kappa shape index (κ2) is 12.1. The van der Waals surface area contributed by atoms with Crippen molar-refractivity contribution in [3.05, 3.63) is 76.5 Å². The van der Waals surface area contributed by atoms with Gasteiger partial charge in [0.25, 0.3) is 5.91 Å². The van der Waals surface area contributed by atoms with Crippen LogP contribution in [-0.2, 0) is 46.5 Å². The van der Waals surface area contributed by atoms with Gasteiger partial charge in [-0.05, 0) is 35.4 Å². The monoisotopic (exact) mass is 541 g/mol. The maximum atomic E-state index is 13.0. The molecule has 38 heavy (non-hydrogen) atoms. The zero-order valence-electron chi connectivity index (χ0n) is 21.1. The number of benzene rings is 2. The van der Waals surface area contributed by atoms with Gasteiger partial charge >= 0.3 is 17.9 Å². The molecule has 1 amide bonds. The van der Waals surface area contributed by atoms with E-state index in [1.54, 1.807) is 43.5 Å². The van der Waals surface area contributed by atoms with Gasteiger partial charge in [-0.1, -0.05) is 24.3 Å². The van der Waals surface area contributed by atoms with Gasteiger partial charge in [0, 0.05) is 25.4 Å². The van der Waals surface area contributed by atoms with Crippen LogP contribution in [0.4, 0.5) is 0 Å². The topological polar surface area (TPSA) is 118 Å². The number of thioether (sulfide) groups is 1. The molecule has 0 aromatic heterocycles. The van der Waals surface area contributed by atoms with Crippen molar-refractivity contribution in [2.24, 2.45) is 0 Å². The highest BCUT2D eigenvalue weighted by atomic mass is 32.2. The first-order chi connectivity index (χ1) is 18.3. The van der Waals surface area contributed by atoms with Gasteiger partial charge in [0.2, 0.25) is 0 Å². The summed E-state index contributed by atoms with van der Waals surface area (Å²) in [5.74, 6) is -0.938. The highest BCUT2D eigenvalue weighted by Crippen LogP contribution is 2.41. The molecule has 0 spiro atoms. The van der Waals surface area contributed by atoms with Crippen molar-refractivity contribution in [3.63, 3.8) is 0 Å². The molecule has 4 rings (SSSR count). The molecule has 200 valence electrons. The largest absolute Gasteiger partial charge is 0.497 e. The summed E-state index contributed by atoms with van der Waals surface area (Å²) in [7, 11) is 3.02. The molecule has 0 aliphatic carbocycles. The van der Waals surface area contributed by atoms with Crippen LogP contribution in [0.1, 0.15) is 28.4 Å². The van der Waals surface area contributed by atoms with Crippen LogP contribution in [-0.4, -0.2) is 66.8 Å². The molecule has 2 heterocycles. The summed E-state index contributed by atoms with van der Waals surface area (Å²) in [6.45, 7) is 1.18. The number of rotatable bonds is 10. The number of hydrogen-bond donors (Lipinski definition) is 0. The van der Waals surface area contributed by atoms with Crippen LogP contribution in [0.3, 0.4) is 0 Å². The lowest BCUT2D eigenvalue weighted by molar-refractivity contribution is -0.163. The van der Waals surface area contributed by atoms with E-state index in [0.29, 0.717) is 28.2 Å². The summed E-state index contributed by atoms with van der Waals surface area (Å²) in [5.41, 5.74) is 2.38. The fourth-order valence-corrected chi connectivity index (χ4v) is 5.28. The molecule has 1 fully saturated rings. The van der Waals surface area contributed by atoms with Crippen molar-refractivity contribution in [1.82, 2.24) is 4.90 Å². The third kappa shape index (κ3) is 6.00. The molecule has 2 aliphatic heterocycles. The third-order valence-corrected chi connectivity index (χ3v) is 7.30. The molecule has 0 N–H and O–H groups in total. The van der Waals surface area contributed by atoms with E-state index in [9.17, 15) is 19.2 Å². The lowest BCUT2D eigenvalue weighted by Crippen LogP contribution is -2.65. The second-order valence-electron chi connectivity index (χ2n) is 8.50. The van der Waals surface area contributed by atoms with E-state index in [4.69, 9.17) is 23.7 Å². The van der Waals surface area contributed by atoms with Gasteiger partial charge in [-0.25, -0.2) is 9.59 Å². The molecule has 2 aliphatic rings. The molecule has 0 saturated carbocycles. The van der Waals surface area contributed by atoms with Gasteiger partial charge in [-0.3, -0.25) is 14.5 Å². The van der Waals surface area contributed by atoms with Gasteiger partial charge in [0.15, 0.2) is 6.10 Å². The number of esters is 3. The molecular formula is C27H27NO9S. The molecule has 2 atom stereocenters. The number of fused-ring (bicyclic) bond motifs is 1. The standard InChI is InChI=1S/C27H27NO9S/c1-16(29)35-14-20-15-38-25-23(34-3)24(30)28(25)22(20)27(32)37-13-17-4-8-19(9-5-17)26(31)36-12-18-6-10-21(33-2)11-7-18/h4-11,23,25H,12-15H2,1-3H3/t23-,25?/m1/s1. The fourth-order valence-electron chi connectivity index (χ4n) is 3.93. The lowest BCUT2D eigenvalue weighted by atomic mass is 10.1. The highest BCUT2D eigenvalue weighted by molar-refractivity contribution is 8.00. The Bertz CT molecular complexity index is 1240. The maximum absolute atomic E-state index is 13.0. The third-order valence-electron chi connectivity index (χ3n) is 5.98. The first kappa shape index (κ1) is 27.2. The number of amides is 1. The highest BCUT2D eigenvalue weighted by Gasteiger charge is 2.54. The van der Waals surface area contributed by atoms with E-state index in [1.165, 1.54) is 30.7 Å². The van der Waals surface area contributed by atoms with E-state index in [1.807, 2.05) is 12.1 Å². The average molecular weight is 542 g/mol. The first-order valence-electron chi connectivity index (χ1n) is 11.7. The van der Waals surface area contributed by atoms with Crippen LogP contribution in [0.25, 0.3) is 0 Å². The Hall–Kier alpha value is -3.83. The molecule has 10 nitrogen and oxygen atoms in total. The van der Waals surface area contributed by atoms with Crippen LogP contribution < -0.4 is 4.74 Å². The number of carbonyl (C=O) groups excluding carboxylic acids is 4. The van der Waals surface area contributed by atoms with Crippen LogP contribution in [0.2, 0.25) is 0 Å². The Labute approximate surface area is 223 Å². The summed E-state index contributed by atoms with van der Waals surface area (Å²) in [5, 5.41) is -0.348. The van der Waals surface area contributed by atoms with E-state index in [2.05, 4.69) is 0 Å². The number of nitrogens with zero attached hydrogens (tertiary/aromatic N) is 1. The predicted octanol–water partition coefficient (Wildman–Crippen LogP) is 2.84. The van der Waals surface area contributed by atoms with E-state index >= 15 is 0 Å². The van der Waals surface area contributed by atoms with E-state index in [-0.39, 0.29) is 36.8 Å². The predicted molar refractivity (Wildman–Crippen MR) is 136 cm³/mol. The molecule has 2 aromatic rings. The molecule has 0 bridgehead atoms.